The normalized spacial score (nSPS) is 16.2. The molecule has 0 atom stereocenters. The van der Waals surface area contributed by atoms with Gasteiger partial charge in [0.2, 0.25) is 0 Å². The number of aliphatic imine (C=N–C) groups is 2. The third-order valence-electron chi connectivity index (χ3n) is 5.32. The molecule has 1 aliphatic rings. The van der Waals surface area contributed by atoms with Crippen LogP contribution in [0, 0.1) is 0 Å². The van der Waals surface area contributed by atoms with E-state index in [1.54, 1.807) is 4.90 Å². The zero-order valence-corrected chi connectivity index (χ0v) is 18.3. The van der Waals surface area contributed by atoms with Crippen molar-refractivity contribution in [3.05, 3.63) is 71.8 Å². The molecule has 0 bridgehead atoms. The van der Waals surface area contributed by atoms with E-state index in [-0.39, 0.29) is 11.9 Å². The van der Waals surface area contributed by atoms with Gasteiger partial charge in [0.1, 0.15) is 5.54 Å². The Morgan fingerprint density at radius 2 is 1.26 bits per heavy atom. The van der Waals surface area contributed by atoms with Gasteiger partial charge < -0.3 is 4.90 Å². The maximum atomic E-state index is 12.9. The number of benzene rings is 2. The molecule has 0 N–H and O–H groups in total. The molecular weight excluding hydrogens is 388 g/mol. The van der Waals surface area contributed by atoms with Gasteiger partial charge in [0.15, 0.2) is 0 Å². The highest BCUT2D eigenvalue weighted by molar-refractivity contribution is 6.06. The Balaban J connectivity index is 1.46. The number of hydrogen-bond donors (Lipinski definition) is 0. The van der Waals surface area contributed by atoms with Crippen molar-refractivity contribution in [1.82, 2.24) is 9.80 Å². The van der Waals surface area contributed by atoms with Crippen LogP contribution < -0.4 is 0 Å². The molecule has 3 amide bonds. The molecule has 1 fully saturated rings. The average molecular weight is 419 g/mol. The maximum absolute atomic E-state index is 12.9. The Morgan fingerprint density at radius 3 is 1.77 bits per heavy atom. The lowest BCUT2D eigenvalue weighted by molar-refractivity contribution is -0.131. The minimum Gasteiger partial charge on any atom is -0.310 e. The van der Waals surface area contributed by atoms with Crippen molar-refractivity contribution in [2.24, 2.45) is 9.98 Å². The van der Waals surface area contributed by atoms with Crippen LogP contribution in [-0.2, 0) is 4.79 Å². The summed E-state index contributed by atoms with van der Waals surface area (Å²) < 4.78 is 0. The lowest BCUT2D eigenvalue weighted by Crippen LogP contribution is -2.44. The molecule has 3 rings (SSSR count). The first-order chi connectivity index (χ1) is 15.0. The quantitative estimate of drug-likeness (QED) is 0.332. The van der Waals surface area contributed by atoms with Gasteiger partial charge in [-0.1, -0.05) is 60.7 Å². The highest BCUT2D eigenvalue weighted by Crippen LogP contribution is 2.27. The summed E-state index contributed by atoms with van der Waals surface area (Å²) in [6.45, 7) is 5.70. The van der Waals surface area contributed by atoms with Crippen LogP contribution in [0.2, 0.25) is 0 Å². The van der Waals surface area contributed by atoms with Crippen LogP contribution in [0.25, 0.3) is 0 Å². The second-order valence-electron chi connectivity index (χ2n) is 8.05. The molecule has 162 valence electrons. The average Bonchev–Trinajstić information content (AvgIpc) is 2.94. The van der Waals surface area contributed by atoms with Crippen molar-refractivity contribution < 1.29 is 9.59 Å². The minimum absolute atomic E-state index is 0.141. The van der Waals surface area contributed by atoms with Gasteiger partial charge in [-0.25, -0.2) is 4.79 Å². The molecule has 0 spiro atoms. The van der Waals surface area contributed by atoms with Gasteiger partial charge >= 0.3 is 6.03 Å². The number of nitrogens with zero attached hydrogens (tertiary/aromatic N) is 4. The Labute approximate surface area is 184 Å². The van der Waals surface area contributed by atoms with Crippen molar-refractivity contribution in [1.29, 1.82) is 0 Å². The zero-order chi connectivity index (χ0) is 22.1. The SMILES string of the molecule is CC1(C)C(=O)N(CCCN=Cc2ccccc2)C(=O)N1CCCN=Cc1ccccc1. The molecule has 1 saturated heterocycles. The molecule has 6 heteroatoms. The van der Waals surface area contributed by atoms with E-state index < -0.39 is 5.54 Å². The maximum Gasteiger partial charge on any atom is 0.327 e. The number of carbonyl (C=O) groups excluding carboxylic acids is 2. The molecule has 0 saturated carbocycles. The molecular formula is C25H30N4O2. The van der Waals surface area contributed by atoms with Crippen LogP contribution in [0.15, 0.2) is 70.6 Å². The van der Waals surface area contributed by atoms with E-state index in [1.807, 2.05) is 86.9 Å². The van der Waals surface area contributed by atoms with Crippen LogP contribution >= 0.6 is 0 Å². The molecule has 6 nitrogen and oxygen atoms in total. The van der Waals surface area contributed by atoms with Crippen LogP contribution in [0.1, 0.15) is 37.8 Å². The van der Waals surface area contributed by atoms with E-state index in [0.717, 1.165) is 11.1 Å². The van der Waals surface area contributed by atoms with E-state index in [2.05, 4.69) is 9.98 Å². The summed E-state index contributed by atoms with van der Waals surface area (Å²) in [6, 6.07) is 19.6. The van der Waals surface area contributed by atoms with Gasteiger partial charge in [0, 0.05) is 38.6 Å². The molecule has 0 radical (unpaired) electrons. The third-order valence-corrected chi connectivity index (χ3v) is 5.32. The second kappa shape index (κ2) is 10.7. The highest BCUT2D eigenvalue weighted by Gasteiger charge is 2.50. The summed E-state index contributed by atoms with van der Waals surface area (Å²) in [5.74, 6) is -0.141. The fourth-order valence-electron chi connectivity index (χ4n) is 3.55. The molecule has 31 heavy (non-hydrogen) atoms. The molecule has 1 heterocycles. The first kappa shape index (κ1) is 22.4. The smallest absolute Gasteiger partial charge is 0.310 e. The predicted molar refractivity (Wildman–Crippen MR) is 125 cm³/mol. The Bertz CT molecular complexity index is 923. The van der Waals surface area contributed by atoms with E-state index in [1.165, 1.54) is 4.90 Å². The lowest BCUT2D eigenvalue weighted by Gasteiger charge is -2.27. The van der Waals surface area contributed by atoms with Crippen molar-refractivity contribution >= 4 is 24.4 Å². The van der Waals surface area contributed by atoms with Crippen LogP contribution in [-0.4, -0.2) is 65.9 Å². The van der Waals surface area contributed by atoms with Crippen LogP contribution in [0.5, 0.6) is 0 Å². The molecule has 2 aromatic rings. The number of imide groups is 1. The fraction of sp³-hybridized carbons (Fsp3) is 0.360. The number of amides is 3. The van der Waals surface area contributed by atoms with Crippen LogP contribution in [0.4, 0.5) is 4.79 Å². The van der Waals surface area contributed by atoms with Crippen molar-refractivity contribution in [3.8, 4) is 0 Å². The predicted octanol–water partition coefficient (Wildman–Crippen LogP) is 4.05. The summed E-state index contributed by atoms with van der Waals surface area (Å²) in [7, 11) is 0. The standard InChI is InChI=1S/C25H30N4O2/c1-25(2)23(30)28(17-9-15-26-19-21-11-5-3-6-12-21)24(31)29(25)18-10-16-27-20-22-13-7-4-8-14-22/h3-8,11-14,19-20H,9-10,15-18H2,1-2H3. The van der Waals surface area contributed by atoms with Gasteiger partial charge in [-0.2, -0.15) is 0 Å². The largest absolute Gasteiger partial charge is 0.327 e. The fourth-order valence-corrected chi connectivity index (χ4v) is 3.55. The number of rotatable bonds is 10. The van der Waals surface area contributed by atoms with E-state index in [9.17, 15) is 9.59 Å². The number of urea groups is 1. The first-order valence-corrected chi connectivity index (χ1v) is 10.7. The first-order valence-electron chi connectivity index (χ1n) is 10.7. The molecule has 1 aliphatic heterocycles. The third kappa shape index (κ3) is 5.87. The molecule has 0 aromatic heterocycles. The van der Waals surface area contributed by atoms with Gasteiger partial charge in [-0.05, 0) is 37.8 Å². The topological polar surface area (TPSA) is 65.3 Å². The molecule has 0 aliphatic carbocycles. The van der Waals surface area contributed by atoms with Crippen molar-refractivity contribution in [3.63, 3.8) is 0 Å². The number of carbonyl (C=O) groups is 2. The molecule has 0 unspecified atom stereocenters. The van der Waals surface area contributed by atoms with Gasteiger partial charge in [0.05, 0.1) is 0 Å². The van der Waals surface area contributed by atoms with Gasteiger partial charge in [0.25, 0.3) is 5.91 Å². The summed E-state index contributed by atoms with van der Waals surface area (Å²) in [5.41, 5.74) is 1.27. The van der Waals surface area contributed by atoms with E-state index in [0.29, 0.717) is 39.0 Å². The number of hydrogen-bond acceptors (Lipinski definition) is 4. The Morgan fingerprint density at radius 1 is 0.774 bits per heavy atom. The molecule has 2 aromatic carbocycles. The van der Waals surface area contributed by atoms with Gasteiger partial charge in [-0.3, -0.25) is 19.7 Å². The second-order valence-corrected chi connectivity index (χ2v) is 8.05. The van der Waals surface area contributed by atoms with E-state index in [4.69, 9.17) is 0 Å². The van der Waals surface area contributed by atoms with Gasteiger partial charge in [-0.15, -0.1) is 0 Å². The Hall–Kier alpha value is -3.28. The summed E-state index contributed by atoms with van der Waals surface area (Å²) >= 11 is 0. The summed E-state index contributed by atoms with van der Waals surface area (Å²) in [6.07, 6.45) is 5.01. The van der Waals surface area contributed by atoms with Crippen molar-refractivity contribution in [2.45, 2.75) is 32.2 Å². The summed E-state index contributed by atoms with van der Waals surface area (Å²) in [5, 5.41) is 0. The minimum atomic E-state index is -0.826. The lowest BCUT2D eigenvalue weighted by atomic mass is 10.0. The van der Waals surface area contributed by atoms with E-state index >= 15 is 0 Å². The van der Waals surface area contributed by atoms with Crippen molar-refractivity contribution in [2.75, 3.05) is 26.2 Å². The summed E-state index contributed by atoms with van der Waals surface area (Å²) in [4.78, 5) is 37.5. The zero-order valence-electron chi connectivity index (χ0n) is 18.3. The monoisotopic (exact) mass is 418 g/mol. The Kier molecular flexibility index (Phi) is 7.70. The highest BCUT2D eigenvalue weighted by atomic mass is 16.2. The van der Waals surface area contributed by atoms with Crippen LogP contribution in [0.3, 0.4) is 0 Å².